The zero-order valence-electron chi connectivity index (χ0n) is 8.68. The van der Waals surface area contributed by atoms with E-state index in [0.29, 0.717) is 6.54 Å². The molecule has 0 radical (unpaired) electrons. The monoisotopic (exact) mass is 208 g/mol. The molecule has 1 aromatic carbocycles. The molecule has 0 aliphatic carbocycles. The molecule has 4 heteroatoms. The normalized spacial score (nSPS) is 14.5. The van der Waals surface area contributed by atoms with Gasteiger partial charge < -0.3 is 16.2 Å². The standard InChI is InChI=1S/C11H16N2O2/c1-8(11(14)15)13-7-10(12)9-5-3-2-4-6-9/h2-6,8,10,13H,7,12H2,1H3,(H,14,15)/t8-,10?/m0/s1. The lowest BCUT2D eigenvalue weighted by Crippen LogP contribution is -2.38. The summed E-state index contributed by atoms with van der Waals surface area (Å²) in [6.45, 7) is 2.05. The molecule has 4 nitrogen and oxygen atoms in total. The van der Waals surface area contributed by atoms with Gasteiger partial charge in [0.2, 0.25) is 0 Å². The molecule has 82 valence electrons. The van der Waals surface area contributed by atoms with Gasteiger partial charge >= 0.3 is 5.97 Å². The molecular weight excluding hydrogens is 192 g/mol. The summed E-state index contributed by atoms with van der Waals surface area (Å²) in [4.78, 5) is 10.5. The molecule has 0 heterocycles. The van der Waals surface area contributed by atoms with Gasteiger partial charge in [-0.2, -0.15) is 0 Å². The summed E-state index contributed by atoms with van der Waals surface area (Å²) in [6.07, 6.45) is 0. The van der Waals surface area contributed by atoms with E-state index in [9.17, 15) is 4.79 Å². The fourth-order valence-electron chi connectivity index (χ4n) is 1.21. The molecule has 1 rings (SSSR count). The molecule has 0 saturated heterocycles. The minimum Gasteiger partial charge on any atom is -0.480 e. The number of aliphatic carboxylic acids is 1. The van der Waals surface area contributed by atoms with Crippen LogP contribution in [0.4, 0.5) is 0 Å². The van der Waals surface area contributed by atoms with E-state index in [1.165, 1.54) is 0 Å². The second-order valence-corrected chi connectivity index (χ2v) is 3.49. The van der Waals surface area contributed by atoms with Crippen molar-refractivity contribution in [2.75, 3.05) is 6.54 Å². The van der Waals surface area contributed by atoms with Crippen LogP contribution in [0, 0.1) is 0 Å². The maximum absolute atomic E-state index is 10.5. The van der Waals surface area contributed by atoms with E-state index in [4.69, 9.17) is 10.8 Å². The SMILES string of the molecule is C[C@H](NCC(N)c1ccccc1)C(=O)O. The lowest BCUT2D eigenvalue weighted by atomic mass is 10.1. The molecule has 0 aliphatic heterocycles. The van der Waals surface area contributed by atoms with Crippen molar-refractivity contribution in [1.29, 1.82) is 0 Å². The van der Waals surface area contributed by atoms with E-state index in [-0.39, 0.29) is 6.04 Å². The molecule has 0 aliphatic rings. The van der Waals surface area contributed by atoms with Crippen LogP contribution < -0.4 is 11.1 Å². The molecule has 0 bridgehead atoms. The number of carboxylic acid groups (broad SMARTS) is 1. The van der Waals surface area contributed by atoms with Gasteiger partial charge in [0.1, 0.15) is 6.04 Å². The van der Waals surface area contributed by atoms with Crippen LogP contribution in [0.1, 0.15) is 18.5 Å². The zero-order valence-corrected chi connectivity index (χ0v) is 8.68. The molecule has 0 saturated carbocycles. The summed E-state index contributed by atoms with van der Waals surface area (Å²) in [5.74, 6) is -0.865. The van der Waals surface area contributed by atoms with Crippen LogP contribution in [-0.2, 0) is 4.79 Å². The highest BCUT2D eigenvalue weighted by Crippen LogP contribution is 2.07. The fraction of sp³-hybridized carbons (Fsp3) is 0.364. The Balaban J connectivity index is 2.43. The lowest BCUT2D eigenvalue weighted by Gasteiger charge is -2.15. The summed E-state index contributed by atoms with van der Waals surface area (Å²) >= 11 is 0. The number of carboxylic acids is 1. The van der Waals surface area contributed by atoms with Crippen LogP contribution in [0.15, 0.2) is 30.3 Å². The first-order valence-electron chi connectivity index (χ1n) is 4.88. The van der Waals surface area contributed by atoms with E-state index in [0.717, 1.165) is 5.56 Å². The molecule has 1 aromatic rings. The van der Waals surface area contributed by atoms with Crippen molar-refractivity contribution in [3.8, 4) is 0 Å². The molecule has 0 aromatic heterocycles. The van der Waals surface area contributed by atoms with Gasteiger partial charge in [-0.05, 0) is 12.5 Å². The molecular formula is C11H16N2O2. The van der Waals surface area contributed by atoms with Crippen molar-refractivity contribution < 1.29 is 9.90 Å². The van der Waals surface area contributed by atoms with Crippen molar-refractivity contribution in [3.63, 3.8) is 0 Å². The molecule has 1 unspecified atom stereocenters. The summed E-state index contributed by atoms with van der Waals surface area (Å²) in [6, 6.07) is 8.86. The van der Waals surface area contributed by atoms with Crippen molar-refractivity contribution in [2.24, 2.45) is 5.73 Å². The third kappa shape index (κ3) is 3.69. The number of hydrogen-bond acceptors (Lipinski definition) is 3. The maximum Gasteiger partial charge on any atom is 0.320 e. The largest absolute Gasteiger partial charge is 0.480 e. The smallest absolute Gasteiger partial charge is 0.320 e. The maximum atomic E-state index is 10.5. The first kappa shape index (κ1) is 11.7. The average molecular weight is 208 g/mol. The van der Waals surface area contributed by atoms with Gasteiger partial charge in [0.05, 0.1) is 0 Å². The summed E-state index contributed by atoms with van der Waals surface area (Å²) in [5.41, 5.74) is 6.89. The molecule has 0 fully saturated rings. The van der Waals surface area contributed by atoms with Gasteiger partial charge in [-0.15, -0.1) is 0 Å². The van der Waals surface area contributed by atoms with E-state index in [1.807, 2.05) is 30.3 Å². The quantitative estimate of drug-likeness (QED) is 0.667. The Bertz CT molecular complexity index is 314. The topological polar surface area (TPSA) is 75.3 Å². The Morgan fingerprint density at radius 3 is 2.60 bits per heavy atom. The van der Waals surface area contributed by atoms with E-state index in [2.05, 4.69) is 5.32 Å². The van der Waals surface area contributed by atoms with Crippen LogP contribution in [0.5, 0.6) is 0 Å². The summed E-state index contributed by atoms with van der Waals surface area (Å²) < 4.78 is 0. The molecule has 0 amide bonds. The summed E-state index contributed by atoms with van der Waals surface area (Å²) in [5, 5.41) is 11.5. The highest BCUT2D eigenvalue weighted by Gasteiger charge is 2.12. The minimum absolute atomic E-state index is 0.173. The predicted molar refractivity (Wildman–Crippen MR) is 58.5 cm³/mol. The minimum atomic E-state index is -0.865. The van der Waals surface area contributed by atoms with Gasteiger partial charge in [0.15, 0.2) is 0 Å². The number of hydrogen-bond donors (Lipinski definition) is 3. The van der Waals surface area contributed by atoms with E-state index in [1.54, 1.807) is 6.92 Å². The van der Waals surface area contributed by atoms with Crippen LogP contribution in [0.2, 0.25) is 0 Å². The number of benzene rings is 1. The Hall–Kier alpha value is -1.39. The third-order valence-corrected chi connectivity index (χ3v) is 2.24. The molecule has 4 N–H and O–H groups in total. The van der Waals surface area contributed by atoms with Crippen LogP contribution in [0.3, 0.4) is 0 Å². The van der Waals surface area contributed by atoms with Gasteiger partial charge in [0, 0.05) is 12.6 Å². The number of carbonyl (C=O) groups is 1. The second-order valence-electron chi connectivity index (χ2n) is 3.49. The molecule has 15 heavy (non-hydrogen) atoms. The third-order valence-electron chi connectivity index (χ3n) is 2.24. The van der Waals surface area contributed by atoms with Crippen molar-refractivity contribution in [1.82, 2.24) is 5.32 Å². The van der Waals surface area contributed by atoms with Gasteiger partial charge in [-0.1, -0.05) is 30.3 Å². The van der Waals surface area contributed by atoms with Gasteiger partial charge in [0.25, 0.3) is 0 Å². The van der Waals surface area contributed by atoms with Crippen molar-refractivity contribution >= 4 is 5.97 Å². The first-order valence-corrected chi connectivity index (χ1v) is 4.88. The Morgan fingerprint density at radius 1 is 1.47 bits per heavy atom. The van der Waals surface area contributed by atoms with Crippen LogP contribution in [0.25, 0.3) is 0 Å². The zero-order chi connectivity index (χ0) is 11.3. The van der Waals surface area contributed by atoms with Gasteiger partial charge in [-0.25, -0.2) is 0 Å². The highest BCUT2D eigenvalue weighted by molar-refractivity contribution is 5.72. The number of nitrogens with two attached hydrogens (primary N) is 1. The number of nitrogens with one attached hydrogen (secondary N) is 1. The predicted octanol–water partition coefficient (Wildman–Crippen LogP) is 0.749. The first-order chi connectivity index (χ1) is 7.11. The molecule has 2 atom stereocenters. The van der Waals surface area contributed by atoms with Gasteiger partial charge in [-0.3, -0.25) is 4.79 Å². The van der Waals surface area contributed by atoms with Crippen molar-refractivity contribution in [3.05, 3.63) is 35.9 Å². The average Bonchev–Trinajstić information content (AvgIpc) is 2.26. The van der Waals surface area contributed by atoms with E-state index >= 15 is 0 Å². The van der Waals surface area contributed by atoms with Crippen LogP contribution >= 0.6 is 0 Å². The second kappa shape index (κ2) is 5.48. The van der Waals surface area contributed by atoms with Crippen molar-refractivity contribution in [2.45, 2.75) is 19.0 Å². The summed E-state index contributed by atoms with van der Waals surface area (Å²) in [7, 11) is 0. The highest BCUT2D eigenvalue weighted by atomic mass is 16.4. The van der Waals surface area contributed by atoms with Crippen LogP contribution in [-0.4, -0.2) is 23.7 Å². The molecule has 0 spiro atoms. The Labute approximate surface area is 89.1 Å². The Morgan fingerprint density at radius 2 is 2.07 bits per heavy atom. The fourth-order valence-corrected chi connectivity index (χ4v) is 1.21. The lowest BCUT2D eigenvalue weighted by molar-refractivity contribution is -0.139. The van der Waals surface area contributed by atoms with E-state index < -0.39 is 12.0 Å². The Kier molecular flexibility index (Phi) is 4.27. The number of rotatable bonds is 5.